The summed E-state index contributed by atoms with van der Waals surface area (Å²) < 4.78 is 14.8. The van der Waals surface area contributed by atoms with E-state index >= 15 is 0 Å². The van der Waals surface area contributed by atoms with Gasteiger partial charge in [-0.05, 0) is 36.2 Å². The largest absolute Gasteiger partial charge is 0.465 e. The van der Waals surface area contributed by atoms with Gasteiger partial charge in [-0.1, -0.05) is 30.3 Å². The lowest BCUT2D eigenvalue weighted by Crippen LogP contribution is -2.27. The molecule has 1 aromatic carbocycles. The molecule has 0 saturated heterocycles. The first-order valence-electron chi connectivity index (χ1n) is 7.37. The Morgan fingerprint density at radius 3 is 2.58 bits per heavy atom. The van der Waals surface area contributed by atoms with E-state index < -0.39 is 23.5 Å². The minimum Gasteiger partial charge on any atom is -0.465 e. The summed E-state index contributed by atoms with van der Waals surface area (Å²) in [6.45, 7) is 1.66. The number of amides is 1. The molecule has 0 fully saturated rings. The Morgan fingerprint density at radius 2 is 1.92 bits per heavy atom. The molecule has 3 rings (SSSR count). The van der Waals surface area contributed by atoms with Crippen LogP contribution in [0.5, 0.6) is 0 Å². The maximum Gasteiger partial charge on any atom is 0.405 e. The highest BCUT2D eigenvalue weighted by Gasteiger charge is 2.19. The van der Waals surface area contributed by atoms with Crippen molar-refractivity contribution in [3.63, 3.8) is 0 Å². The van der Waals surface area contributed by atoms with Crippen molar-refractivity contribution in [3.8, 4) is 11.1 Å². The summed E-state index contributed by atoms with van der Waals surface area (Å²) in [6, 6.07) is 12.8. The predicted octanol–water partition coefficient (Wildman–Crippen LogP) is 3.43. The van der Waals surface area contributed by atoms with Crippen LogP contribution in [0.1, 0.15) is 18.5 Å². The van der Waals surface area contributed by atoms with E-state index in [1.807, 2.05) is 6.07 Å². The number of pyridine rings is 2. The number of nitrogens with one attached hydrogen (secondary N) is 1. The number of hydrogen-bond acceptors (Lipinski definition) is 2. The van der Waals surface area contributed by atoms with E-state index in [4.69, 9.17) is 5.11 Å². The first-order valence-corrected chi connectivity index (χ1v) is 7.37. The summed E-state index contributed by atoms with van der Waals surface area (Å²) in [6.07, 6.45) is -0.0516. The topological polar surface area (TPSA) is 70.8 Å². The standard InChI is InChI=1S/C18H15FN2O3/c1-11(20-18(23)24)15-9-14-8-7-13(19)10-21(14)17(22)16(15)12-5-3-2-4-6-12/h2-11,20H,1H3,(H,23,24). The van der Waals surface area contributed by atoms with Crippen LogP contribution in [0.4, 0.5) is 9.18 Å². The maximum absolute atomic E-state index is 13.5. The Hall–Kier alpha value is -3.15. The summed E-state index contributed by atoms with van der Waals surface area (Å²) in [5.41, 5.74) is 1.64. The van der Waals surface area contributed by atoms with Crippen LogP contribution in [0.3, 0.4) is 0 Å². The van der Waals surface area contributed by atoms with Crippen LogP contribution < -0.4 is 10.9 Å². The molecule has 0 radical (unpaired) electrons. The van der Waals surface area contributed by atoms with Crippen LogP contribution in [0.25, 0.3) is 16.6 Å². The Labute approximate surface area is 137 Å². The second kappa shape index (κ2) is 6.16. The summed E-state index contributed by atoms with van der Waals surface area (Å²) in [5.74, 6) is -0.520. The van der Waals surface area contributed by atoms with Gasteiger partial charge in [0.25, 0.3) is 5.56 Å². The summed E-state index contributed by atoms with van der Waals surface area (Å²) in [7, 11) is 0. The number of hydrogen-bond donors (Lipinski definition) is 2. The van der Waals surface area contributed by atoms with Crippen molar-refractivity contribution in [3.05, 3.63) is 76.5 Å². The fourth-order valence-electron chi connectivity index (χ4n) is 2.75. The highest BCUT2D eigenvalue weighted by atomic mass is 19.1. The average Bonchev–Trinajstić information content (AvgIpc) is 2.55. The molecule has 5 nitrogen and oxygen atoms in total. The zero-order chi connectivity index (χ0) is 17.3. The minimum absolute atomic E-state index is 0.347. The molecule has 1 amide bonds. The normalized spacial score (nSPS) is 12.1. The lowest BCUT2D eigenvalue weighted by Gasteiger charge is -2.18. The molecule has 1 atom stereocenters. The Balaban J connectivity index is 2.34. The van der Waals surface area contributed by atoms with Gasteiger partial charge in [-0.3, -0.25) is 9.20 Å². The van der Waals surface area contributed by atoms with Crippen LogP contribution >= 0.6 is 0 Å². The van der Waals surface area contributed by atoms with E-state index in [9.17, 15) is 14.0 Å². The molecule has 0 aliphatic carbocycles. The maximum atomic E-state index is 13.5. The van der Waals surface area contributed by atoms with Gasteiger partial charge in [-0.2, -0.15) is 0 Å². The number of carbonyl (C=O) groups is 1. The van der Waals surface area contributed by atoms with Gasteiger partial charge < -0.3 is 10.4 Å². The van der Waals surface area contributed by atoms with Crippen LogP contribution in [-0.4, -0.2) is 15.6 Å². The Kier molecular flexibility index (Phi) is 4.04. The number of carboxylic acid groups (broad SMARTS) is 1. The average molecular weight is 326 g/mol. The van der Waals surface area contributed by atoms with Crippen molar-refractivity contribution < 1.29 is 14.3 Å². The number of halogens is 1. The van der Waals surface area contributed by atoms with Crippen LogP contribution in [-0.2, 0) is 0 Å². The summed E-state index contributed by atoms with van der Waals surface area (Å²) in [4.78, 5) is 23.9. The van der Waals surface area contributed by atoms with Crippen LogP contribution in [0.15, 0.2) is 59.5 Å². The lowest BCUT2D eigenvalue weighted by molar-refractivity contribution is 0.191. The second-order valence-corrected chi connectivity index (χ2v) is 5.46. The predicted molar refractivity (Wildman–Crippen MR) is 88.6 cm³/mol. The molecular weight excluding hydrogens is 311 g/mol. The number of benzene rings is 1. The molecule has 0 aliphatic heterocycles. The molecule has 0 spiro atoms. The second-order valence-electron chi connectivity index (χ2n) is 5.46. The van der Waals surface area contributed by atoms with E-state index in [2.05, 4.69) is 5.32 Å². The van der Waals surface area contributed by atoms with Crippen molar-refractivity contribution >= 4 is 11.6 Å². The number of nitrogens with zero attached hydrogens (tertiary/aromatic N) is 1. The molecule has 2 aromatic heterocycles. The highest BCUT2D eigenvalue weighted by Crippen LogP contribution is 2.26. The molecule has 0 aliphatic rings. The SMILES string of the molecule is CC(NC(=O)O)c1cc2ccc(F)cn2c(=O)c1-c1ccccc1. The monoisotopic (exact) mass is 326 g/mol. The summed E-state index contributed by atoms with van der Waals surface area (Å²) in [5, 5.41) is 11.3. The number of aromatic nitrogens is 1. The molecule has 0 saturated carbocycles. The van der Waals surface area contributed by atoms with E-state index in [0.29, 0.717) is 22.2 Å². The Bertz CT molecular complexity index is 967. The highest BCUT2D eigenvalue weighted by molar-refractivity contribution is 5.72. The third kappa shape index (κ3) is 2.86. The molecule has 3 aromatic rings. The fraction of sp³-hybridized carbons (Fsp3) is 0.111. The molecule has 2 N–H and O–H groups in total. The first kappa shape index (κ1) is 15.7. The van der Waals surface area contributed by atoms with Gasteiger partial charge in [-0.15, -0.1) is 0 Å². The van der Waals surface area contributed by atoms with E-state index in [1.165, 1.54) is 16.5 Å². The van der Waals surface area contributed by atoms with Crippen molar-refractivity contribution in [2.24, 2.45) is 0 Å². The van der Waals surface area contributed by atoms with Gasteiger partial charge >= 0.3 is 6.09 Å². The fourth-order valence-corrected chi connectivity index (χ4v) is 2.75. The molecular formula is C18H15FN2O3. The Morgan fingerprint density at radius 1 is 1.21 bits per heavy atom. The number of rotatable bonds is 3. The molecule has 122 valence electrons. The third-order valence-corrected chi connectivity index (χ3v) is 3.84. The quantitative estimate of drug-likeness (QED) is 0.774. The van der Waals surface area contributed by atoms with Crippen molar-refractivity contribution in [1.82, 2.24) is 9.72 Å². The van der Waals surface area contributed by atoms with E-state index in [0.717, 1.165) is 6.20 Å². The van der Waals surface area contributed by atoms with Gasteiger partial charge in [0.15, 0.2) is 0 Å². The van der Waals surface area contributed by atoms with Gasteiger partial charge in [0.2, 0.25) is 0 Å². The van der Waals surface area contributed by atoms with Gasteiger partial charge in [0.05, 0.1) is 11.6 Å². The van der Waals surface area contributed by atoms with Gasteiger partial charge in [0.1, 0.15) is 5.82 Å². The third-order valence-electron chi connectivity index (χ3n) is 3.84. The van der Waals surface area contributed by atoms with Gasteiger partial charge in [0, 0.05) is 11.7 Å². The van der Waals surface area contributed by atoms with Crippen LogP contribution in [0, 0.1) is 5.82 Å². The number of fused-ring (bicyclic) bond motifs is 1. The smallest absolute Gasteiger partial charge is 0.405 e. The van der Waals surface area contributed by atoms with Gasteiger partial charge in [-0.25, -0.2) is 9.18 Å². The molecule has 24 heavy (non-hydrogen) atoms. The lowest BCUT2D eigenvalue weighted by atomic mass is 9.96. The minimum atomic E-state index is -1.18. The van der Waals surface area contributed by atoms with E-state index in [-0.39, 0.29) is 0 Å². The zero-order valence-electron chi connectivity index (χ0n) is 12.9. The van der Waals surface area contributed by atoms with E-state index in [1.54, 1.807) is 37.3 Å². The van der Waals surface area contributed by atoms with Crippen molar-refractivity contribution in [2.45, 2.75) is 13.0 Å². The molecule has 0 bridgehead atoms. The first-order chi connectivity index (χ1) is 11.5. The molecule has 1 unspecified atom stereocenters. The zero-order valence-corrected chi connectivity index (χ0v) is 12.9. The van der Waals surface area contributed by atoms with Crippen molar-refractivity contribution in [2.75, 3.05) is 0 Å². The van der Waals surface area contributed by atoms with Crippen LogP contribution in [0.2, 0.25) is 0 Å². The summed E-state index contributed by atoms with van der Waals surface area (Å²) >= 11 is 0. The molecule has 2 heterocycles. The van der Waals surface area contributed by atoms with Crippen molar-refractivity contribution in [1.29, 1.82) is 0 Å². The molecule has 6 heteroatoms.